The summed E-state index contributed by atoms with van der Waals surface area (Å²) >= 11 is 0. The minimum Gasteiger partial charge on any atom is -0.338 e. The maximum absolute atomic E-state index is 12.4. The van der Waals surface area contributed by atoms with Gasteiger partial charge < -0.3 is 4.90 Å². The summed E-state index contributed by atoms with van der Waals surface area (Å²) in [5, 5.41) is 11.0. The average molecular weight is 262 g/mol. The van der Waals surface area contributed by atoms with Crippen molar-refractivity contribution in [1.82, 2.24) is 4.90 Å². The van der Waals surface area contributed by atoms with Gasteiger partial charge >= 0.3 is 0 Å². The van der Waals surface area contributed by atoms with Gasteiger partial charge in [0.05, 0.1) is 4.92 Å². The summed E-state index contributed by atoms with van der Waals surface area (Å²) in [4.78, 5) is 24.6. The number of benzene rings is 1. The smallest absolute Gasteiger partial charge is 0.282 e. The van der Waals surface area contributed by atoms with Gasteiger partial charge in [0.15, 0.2) is 0 Å². The highest BCUT2D eigenvalue weighted by Gasteiger charge is 2.24. The number of hydrogen-bond donors (Lipinski definition) is 0. The lowest BCUT2D eigenvalue weighted by Gasteiger charge is -2.24. The van der Waals surface area contributed by atoms with Crippen molar-refractivity contribution in [2.24, 2.45) is 0 Å². The maximum atomic E-state index is 12.4. The third-order valence-corrected chi connectivity index (χ3v) is 3.47. The van der Waals surface area contributed by atoms with Crippen LogP contribution in [0.1, 0.15) is 42.5 Å². The second-order valence-corrected chi connectivity index (χ2v) is 4.83. The van der Waals surface area contributed by atoms with Crippen molar-refractivity contribution in [2.75, 3.05) is 13.1 Å². The molecule has 1 heterocycles. The number of para-hydroxylation sites is 1. The highest BCUT2D eigenvalue weighted by molar-refractivity contribution is 5.98. The summed E-state index contributed by atoms with van der Waals surface area (Å²) in [6.45, 7) is 1.40. The Bertz CT molecular complexity index is 466. The lowest BCUT2D eigenvalue weighted by Crippen LogP contribution is -2.34. The van der Waals surface area contributed by atoms with Gasteiger partial charge in [0.25, 0.3) is 11.6 Å². The van der Waals surface area contributed by atoms with E-state index in [1.807, 2.05) is 0 Å². The first-order valence-corrected chi connectivity index (χ1v) is 6.73. The molecule has 1 amide bonds. The molecule has 0 spiro atoms. The molecule has 19 heavy (non-hydrogen) atoms. The summed E-state index contributed by atoms with van der Waals surface area (Å²) in [6, 6.07) is 6.18. The van der Waals surface area contributed by atoms with E-state index in [0.717, 1.165) is 25.7 Å². The van der Waals surface area contributed by atoms with Gasteiger partial charge in [-0.05, 0) is 18.9 Å². The Morgan fingerprint density at radius 3 is 2.26 bits per heavy atom. The van der Waals surface area contributed by atoms with Gasteiger partial charge in [-0.1, -0.05) is 31.4 Å². The van der Waals surface area contributed by atoms with Crippen molar-refractivity contribution in [3.63, 3.8) is 0 Å². The number of carbonyl (C=O) groups excluding carboxylic acids is 1. The van der Waals surface area contributed by atoms with Gasteiger partial charge in [-0.2, -0.15) is 0 Å². The summed E-state index contributed by atoms with van der Waals surface area (Å²) in [6.07, 6.45) is 5.42. The Hall–Kier alpha value is -1.91. The SMILES string of the molecule is O=C(c1ccccc1[N+](=O)[O-])N1CCCCCCC1. The van der Waals surface area contributed by atoms with E-state index in [-0.39, 0.29) is 17.2 Å². The molecule has 0 aromatic heterocycles. The van der Waals surface area contributed by atoms with Crippen molar-refractivity contribution in [2.45, 2.75) is 32.1 Å². The fourth-order valence-corrected chi connectivity index (χ4v) is 2.43. The molecule has 1 aromatic carbocycles. The molecule has 1 aliphatic rings. The number of nitro benzene ring substituents is 1. The van der Waals surface area contributed by atoms with Gasteiger partial charge in [-0.25, -0.2) is 0 Å². The average Bonchev–Trinajstić information content (AvgIpc) is 2.37. The third-order valence-electron chi connectivity index (χ3n) is 3.47. The number of nitrogens with zero attached hydrogens (tertiary/aromatic N) is 2. The van der Waals surface area contributed by atoms with Crippen molar-refractivity contribution in [3.05, 3.63) is 39.9 Å². The minimum absolute atomic E-state index is 0.102. The van der Waals surface area contributed by atoms with E-state index in [2.05, 4.69) is 0 Å². The zero-order valence-electron chi connectivity index (χ0n) is 10.9. The molecule has 1 aromatic rings. The van der Waals surface area contributed by atoms with Gasteiger partial charge in [0, 0.05) is 19.2 Å². The quantitative estimate of drug-likeness (QED) is 0.608. The second kappa shape index (κ2) is 6.31. The van der Waals surface area contributed by atoms with Crippen LogP contribution in [0.15, 0.2) is 24.3 Å². The molecule has 1 fully saturated rings. The Morgan fingerprint density at radius 2 is 1.63 bits per heavy atom. The predicted molar refractivity (Wildman–Crippen MR) is 72.1 cm³/mol. The minimum atomic E-state index is -0.489. The Kier molecular flexibility index (Phi) is 4.49. The van der Waals surface area contributed by atoms with Gasteiger partial charge in [0.1, 0.15) is 5.56 Å². The van der Waals surface area contributed by atoms with Crippen LogP contribution in [0.3, 0.4) is 0 Å². The van der Waals surface area contributed by atoms with E-state index in [4.69, 9.17) is 0 Å². The monoisotopic (exact) mass is 262 g/mol. The van der Waals surface area contributed by atoms with Crippen molar-refractivity contribution in [1.29, 1.82) is 0 Å². The number of nitro groups is 1. The van der Waals surface area contributed by atoms with Crippen LogP contribution >= 0.6 is 0 Å². The normalized spacial score (nSPS) is 16.5. The molecule has 0 atom stereocenters. The molecule has 5 heteroatoms. The first kappa shape index (κ1) is 13.5. The molecule has 0 saturated carbocycles. The topological polar surface area (TPSA) is 63.4 Å². The molecule has 5 nitrogen and oxygen atoms in total. The van der Waals surface area contributed by atoms with E-state index in [1.54, 1.807) is 23.1 Å². The molecule has 0 N–H and O–H groups in total. The molecular formula is C14H18N2O3. The van der Waals surface area contributed by atoms with Crippen LogP contribution in [-0.4, -0.2) is 28.8 Å². The largest absolute Gasteiger partial charge is 0.338 e. The zero-order chi connectivity index (χ0) is 13.7. The summed E-state index contributed by atoms with van der Waals surface area (Å²) in [5.74, 6) is -0.214. The second-order valence-electron chi connectivity index (χ2n) is 4.83. The van der Waals surface area contributed by atoms with E-state index < -0.39 is 4.92 Å². The molecule has 1 saturated heterocycles. The molecule has 1 aliphatic heterocycles. The van der Waals surface area contributed by atoms with Crippen LogP contribution in [0.25, 0.3) is 0 Å². The molecule has 0 radical (unpaired) electrons. The van der Waals surface area contributed by atoms with Gasteiger partial charge in [0.2, 0.25) is 0 Å². The summed E-state index contributed by atoms with van der Waals surface area (Å²) in [5.41, 5.74) is 0.0997. The highest BCUT2D eigenvalue weighted by atomic mass is 16.6. The molecule has 0 bridgehead atoms. The molecule has 0 unspecified atom stereocenters. The van der Waals surface area contributed by atoms with Gasteiger partial charge in [-0.3, -0.25) is 14.9 Å². The molecular weight excluding hydrogens is 244 g/mol. The van der Waals surface area contributed by atoms with Gasteiger partial charge in [-0.15, -0.1) is 0 Å². The van der Waals surface area contributed by atoms with Crippen LogP contribution in [0.5, 0.6) is 0 Å². The number of carbonyl (C=O) groups is 1. The third kappa shape index (κ3) is 3.30. The fourth-order valence-electron chi connectivity index (χ4n) is 2.43. The lowest BCUT2D eigenvalue weighted by atomic mass is 10.1. The highest BCUT2D eigenvalue weighted by Crippen LogP contribution is 2.21. The Morgan fingerprint density at radius 1 is 1.05 bits per heavy atom. The van der Waals surface area contributed by atoms with E-state index in [0.29, 0.717) is 13.1 Å². The first-order chi connectivity index (χ1) is 9.20. The standard InChI is InChI=1S/C14H18N2O3/c17-14(15-10-6-2-1-3-7-11-15)12-8-4-5-9-13(12)16(18)19/h4-5,8-9H,1-3,6-7,10-11H2. The maximum Gasteiger partial charge on any atom is 0.282 e. The Balaban J connectivity index is 2.20. The summed E-state index contributed by atoms with van der Waals surface area (Å²) < 4.78 is 0. The number of rotatable bonds is 2. The van der Waals surface area contributed by atoms with Crippen molar-refractivity contribution < 1.29 is 9.72 Å². The van der Waals surface area contributed by atoms with Crippen molar-refractivity contribution >= 4 is 11.6 Å². The van der Waals surface area contributed by atoms with Crippen molar-refractivity contribution in [3.8, 4) is 0 Å². The van der Waals surface area contributed by atoms with Crippen LogP contribution < -0.4 is 0 Å². The van der Waals surface area contributed by atoms with E-state index in [1.165, 1.54) is 12.5 Å². The predicted octanol–water partition coefficient (Wildman–Crippen LogP) is 3.00. The molecule has 102 valence electrons. The van der Waals surface area contributed by atoms with E-state index >= 15 is 0 Å². The fraction of sp³-hybridized carbons (Fsp3) is 0.500. The van der Waals surface area contributed by atoms with Crippen LogP contribution in [0.2, 0.25) is 0 Å². The summed E-state index contributed by atoms with van der Waals surface area (Å²) in [7, 11) is 0. The van der Waals surface area contributed by atoms with E-state index in [9.17, 15) is 14.9 Å². The molecule has 2 rings (SSSR count). The Labute approximate surface area is 112 Å². The lowest BCUT2D eigenvalue weighted by molar-refractivity contribution is -0.385. The number of hydrogen-bond acceptors (Lipinski definition) is 3. The van der Waals surface area contributed by atoms with Crippen LogP contribution in [0, 0.1) is 10.1 Å². The first-order valence-electron chi connectivity index (χ1n) is 6.73. The number of amides is 1. The zero-order valence-corrected chi connectivity index (χ0v) is 10.9. The molecule has 0 aliphatic carbocycles. The van der Waals surface area contributed by atoms with Crippen LogP contribution in [0.4, 0.5) is 5.69 Å². The van der Waals surface area contributed by atoms with Crippen LogP contribution in [-0.2, 0) is 0 Å². The number of likely N-dealkylation sites (tertiary alicyclic amines) is 1.